The number of nitrogens with zero attached hydrogens (tertiary/aromatic N) is 1. The lowest BCUT2D eigenvalue weighted by Gasteiger charge is -2.26. The Kier molecular flexibility index (Phi) is 10.3. The number of Topliss-reactive ketones (excluding diaryl/α,β-unsaturated/α-hetero) is 1. The Hall–Kier alpha value is -1.68. The van der Waals surface area contributed by atoms with Crippen LogP contribution in [0.4, 0.5) is 0 Å². The fraction of sp³-hybridized carbons (Fsp3) is 0.667. The van der Waals surface area contributed by atoms with E-state index in [0.29, 0.717) is 19.4 Å². The molecule has 0 bridgehead atoms. The highest BCUT2D eigenvalue weighted by molar-refractivity contribution is 5.79. The van der Waals surface area contributed by atoms with Gasteiger partial charge in [-0.2, -0.15) is 0 Å². The van der Waals surface area contributed by atoms with Crippen molar-refractivity contribution < 1.29 is 14.3 Å². The molecule has 4 heteroatoms. The zero-order chi connectivity index (χ0) is 20.2. The Labute approximate surface area is 170 Å². The van der Waals surface area contributed by atoms with Gasteiger partial charge in [0.1, 0.15) is 12.4 Å². The first kappa shape index (κ1) is 22.6. The average Bonchev–Trinajstić information content (AvgIpc) is 2.71. The van der Waals surface area contributed by atoms with Crippen molar-refractivity contribution in [3.8, 4) is 0 Å². The zero-order valence-corrected chi connectivity index (χ0v) is 17.8. The van der Waals surface area contributed by atoms with E-state index in [1.165, 1.54) is 57.3 Å². The van der Waals surface area contributed by atoms with Crippen LogP contribution < -0.4 is 0 Å². The van der Waals surface area contributed by atoms with Crippen molar-refractivity contribution in [2.24, 2.45) is 5.92 Å². The molecule has 0 saturated carbocycles. The molecule has 1 aliphatic heterocycles. The van der Waals surface area contributed by atoms with Crippen molar-refractivity contribution >= 4 is 11.8 Å². The number of carbonyl (C=O) groups excluding carboxylic acids is 2. The lowest BCUT2D eigenvalue weighted by molar-refractivity contribution is -0.145. The molecule has 1 fully saturated rings. The number of ketones is 1. The monoisotopic (exact) mass is 387 g/mol. The molecule has 28 heavy (non-hydrogen) atoms. The van der Waals surface area contributed by atoms with Gasteiger partial charge < -0.3 is 9.64 Å². The lowest BCUT2D eigenvalue weighted by atomic mass is 9.96. The second-order valence-electron chi connectivity index (χ2n) is 8.09. The van der Waals surface area contributed by atoms with E-state index < -0.39 is 0 Å². The van der Waals surface area contributed by atoms with Crippen LogP contribution in [0.5, 0.6) is 0 Å². The maximum atomic E-state index is 11.9. The third kappa shape index (κ3) is 8.55. The minimum Gasteiger partial charge on any atom is -0.461 e. The third-order valence-corrected chi connectivity index (χ3v) is 5.83. The number of carbonyl (C=O) groups is 2. The molecular formula is C24H37NO3. The van der Waals surface area contributed by atoms with E-state index in [9.17, 15) is 9.59 Å². The van der Waals surface area contributed by atoms with Gasteiger partial charge in [-0.05, 0) is 82.6 Å². The largest absolute Gasteiger partial charge is 0.461 e. The molecule has 1 saturated heterocycles. The Morgan fingerprint density at radius 3 is 2.36 bits per heavy atom. The van der Waals surface area contributed by atoms with E-state index in [0.717, 1.165) is 18.4 Å². The summed E-state index contributed by atoms with van der Waals surface area (Å²) in [5, 5.41) is 0. The minimum atomic E-state index is -0.221. The van der Waals surface area contributed by atoms with Crippen molar-refractivity contribution in [2.75, 3.05) is 19.6 Å². The molecule has 0 amide bonds. The summed E-state index contributed by atoms with van der Waals surface area (Å²) in [6, 6.07) is 8.40. The predicted molar refractivity (Wildman–Crippen MR) is 113 cm³/mol. The normalized spacial score (nSPS) is 15.9. The molecule has 156 valence electrons. The van der Waals surface area contributed by atoms with E-state index in [-0.39, 0.29) is 17.7 Å². The summed E-state index contributed by atoms with van der Waals surface area (Å²) in [4.78, 5) is 25.9. The lowest BCUT2D eigenvalue weighted by Crippen LogP contribution is -2.30. The van der Waals surface area contributed by atoms with Gasteiger partial charge in [-0.15, -0.1) is 0 Å². The first-order valence-corrected chi connectivity index (χ1v) is 11.0. The van der Waals surface area contributed by atoms with Gasteiger partial charge >= 0.3 is 5.97 Å². The summed E-state index contributed by atoms with van der Waals surface area (Å²) in [7, 11) is 0. The van der Waals surface area contributed by atoms with E-state index in [2.05, 4.69) is 29.2 Å². The highest BCUT2D eigenvalue weighted by atomic mass is 16.5. The van der Waals surface area contributed by atoms with Gasteiger partial charge in [0.25, 0.3) is 0 Å². The van der Waals surface area contributed by atoms with Crippen molar-refractivity contribution in [1.29, 1.82) is 0 Å². The molecule has 4 nitrogen and oxygen atoms in total. The third-order valence-electron chi connectivity index (χ3n) is 5.83. The molecule has 0 radical (unpaired) electrons. The van der Waals surface area contributed by atoms with E-state index in [4.69, 9.17) is 4.74 Å². The summed E-state index contributed by atoms with van der Waals surface area (Å²) in [5.41, 5.74) is 2.37. The Balaban J connectivity index is 1.61. The van der Waals surface area contributed by atoms with Crippen molar-refractivity contribution in [1.82, 2.24) is 4.90 Å². The van der Waals surface area contributed by atoms with Crippen molar-refractivity contribution in [2.45, 2.75) is 78.2 Å². The van der Waals surface area contributed by atoms with Crippen molar-refractivity contribution in [3.63, 3.8) is 0 Å². The summed E-state index contributed by atoms with van der Waals surface area (Å²) >= 11 is 0. The second-order valence-corrected chi connectivity index (χ2v) is 8.09. The SMILES string of the molecule is CC[C@@H](CCC(=O)OCc1ccc(CCCCN2CCCCC2)cc1)C(C)=O. The number of benzene rings is 1. The van der Waals surface area contributed by atoms with Crippen LogP contribution in [0.25, 0.3) is 0 Å². The topological polar surface area (TPSA) is 46.6 Å². The molecule has 0 unspecified atom stereocenters. The summed E-state index contributed by atoms with van der Waals surface area (Å²) in [6.45, 7) is 7.67. The molecule has 2 rings (SSSR count). The maximum absolute atomic E-state index is 11.9. The molecule has 1 aromatic rings. The number of hydrogen-bond donors (Lipinski definition) is 0. The van der Waals surface area contributed by atoms with Crippen LogP contribution in [-0.4, -0.2) is 36.3 Å². The van der Waals surface area contributed by atoms with Crippen LogP contribution in [0.15, 0.2) is 24.3 Å². The van der Waals surface area contributed by atoms with Crippen LogP contribution in [0.1, 0.15) is 76.3 Å². The Bertz CT molecular complexity index is 590. The zero-order valence-electron chi connectivity index (χ0n) is 17.8. The van der Waals surface area contributed by atoms with E-state index >= 15 is 0 Å². The van der Waals surface area contributed by atoms with Gasteiger partial charge in [0.15, 0.2) is 0 Å². The van der Waals surface area contributed by atoms with Gasteiger partial charge in [-0.25, -0.2) is 0 Å². The van der Waals surface area contributed by atoms with Crippen LogP contribution in [0.2, 0.25) is 0 Å². The standard InChI is InChI=1S/C24H37NO3/c1-3-23(20(2)26)14-15-24(27)28-19-22-12-10-21(11-13-22)9-5-8-18-25-16-6-4-7-17-25/h10-13,23H,3-9,14-19H2,1-2H3/t23-/m0/s1. The minimum absolute atomic E-state index is 0.0262. The summed E-state index contributed by atoms with van der Waals surface area (Å²) in [5.74, 6) is -0.0925. The molecule has 1 heterocycles. The van der Waals surface area contributed by atoms with Crippen LogP contribution in [0, 0.1) is 5.92 Å². The number of esters is 1. The quantitative estimate of drug-likeness (QED) is 0.377. The van der Waals surface area contributed by atoms with Crippen LogP contribution in [-0.2, 0) is 27.4 Å². The maximum Gasteiger partial charge on any atom is 0.306 e. The number of likely N-dealkylation sites (tertiary alicyclic amines) is 1. The Morgan fingerprint density at radius 1 is 1.04 bits per heavy atom. The molecule has 1 aromatic carbocycles. The van der Waals surface area contributed by atoms with Gasteiger partial charge in [-0.1, -0.05) is 37.6 Å². The number of hydrogen-bond acceptors (Lipinski definition) is 4. The summed E-state index contributed by atoms with van der Waals surface area (Å²) < 4.78 is 5.35. The molecular weight excluding hydrogens is 350 g/mol. The van der Waals surface area contributed by atoms with E-state index in [1.54, 1.807) is 6.92 Å². The van der Waals surface area contributed by atoms with Gasteiger partial charge in [0.2, 0.25) is 0 Å². The van der Waals surface area contributed by atoms with Gasteiger partial charge in [0.05, 0.1) is 0 Å². The number of aryl methyl sites for hydroxylation is 1. The average molecular weight is 388 g/mol. The molecule has 0 spiro atoms. The highest BCUT2D eigenvalue weighted by Crippen LogP contribution is 2.14. The first-order valence-electron chi connectivity index (χ1n) is 11.0. The Morgan fingerprint density at radius 2 is 1.71 bits per heavy atom. The summed E-state index contributed by atoms with van der Waals surface area (Å²) in [6.07, 6.45) is 9.39. The highest BCUT2D eigenvalue weighted by Gasteiger charge is 2.14. The molecule has 0 N–H and O–H groups in total. The van der Waals surface area contributed by atoms with Crippen LogP contribution >= 0.6 is 0 Å². The number of unbranched alkanes of at least 4 members (excludes halogenated alkanes) is 1. The van der Waals surface area contributed by atoms with E-state index in [1.807, 2.05) is 6.92 Å². The fourth-order valence-corrected chi connectivity index (χ4v) is 3.87. The molecule has 0 aromatic heterocycles. The fourth-order valence-electron chi connectivity index (χ4n) is 3.87. The first-order chi connectivity index (χ1) is 13.6. The number of ether oxygens (including phenoxy) is 1. The molecule has 1 atom stereocenters. The molecule has 1 aliphatic rings. The molecule has 0 aliphatic carbocycles. The number of rotatable bonds is 12. The van der Waals surface area contributed by atoms with Crippen molar-refractivity contribution in [3.05, 3.63) is 35.4 Å². The number of piperidine rings is 1. The smallest absolute Gasteiger partial charge is 0.306 e. The van der Waals surface area contributed by atoms with Gasteiger partial charge in [0, 0.05) is 12.3 Å². The predicted octanol–water partition coefficient (Wildman–Crippen LogP) is 4.93. The second kappa shape index (κ2) is 12.7. The van der Waals surface area contributed by atoms with Gasteiger partial charge in [-0.3, -0.25) is 9.59 Å². The van der Waals surface area contributed by atoms with Crippen LogP contribution in [0.3, 0.4) is 0 Å².